The summed E-state index contributed by atoms with van der Waals surface area (Å²) < 4.78 is 20.9. The van der Waals surface area contributed by atoms with E-state index < -0.39 is 0 Å². The molecule has 100 valence electrons. The first-order valence-electron chi connectivity index (χ1n) is 6.10. The van der Waals surface area contributed by atoms with Gasteiger partial charge < -0.3 is 9.64 Å². The summed E-state index contributed by atoms with van der Waals surface area (Å²) >= 11 is 0. The molecule has 0 saturated carbocycles. The van der Waals surface area contributed by atoms with Gasteiger partial charge in [0.05, 0.1) is 24.4 Å². The predicted molar refractivity (Wildman–Crippen MR) is 73.0 cm³/mol. The Morgan fingerprint density at radius 2 is 1.95 bits per heavy atom. The minimum absolute atomic E-state index is 0.267. The zero-order valence-corrected chi connectivity index (χ0v) is 11.4. The first kappa shape index (κ1) is 13.3. The topological polar surface area (TPSA) is 16.4 Å². The smallest absolute Gasteiger partial charge is 0.361 e. The molecule has 0 radical (unpaired) electrons. The van der Waals surface area contributed by atoms with Crippen LogP contribution < -0.4 is 14.2 Å². The molecule has 0 aliphatic rings. The van der Waals surface area contributed by atoms with Crippen molar-refractivity contribution in [2.75, 3.05) is 26.1 Å². The molecule has 1 aromatic heterocycles. The molecule has 0 amide bonds. The van der Waals surface area contributed by atoms with Crippen LogP contribution in [0.25, 0.3) is 0 Å². The van der Waals surface area contributed by atoms with Crippen LogP contribution in [0.3, 0.4) is 0 Å². The molecule has 3 nitrogen and oxygen atoms in total. The second kappa shape index (κ2) is 5.69. The van der Waals surface area contributed by atoms with Gasteiger partial charge in [-0.2, -0.15) is 4.57 Å². The third-order valence-electron chi connectivity index (χ3n) is 3.02. The molecule has 0 fully saturated rings. The lowest BCUT2D eigenvalue weighted by molar-refractivity contribution is -0.715. The van der Waals surface area contributed by atoms with Crippen LogP contribution in [-0.2, 0) is 6.54 Å². The van der Waals surface area contributed by atoms with Crippen molar-refractivity contribution in [1.82, 2.24) is 0 Å². The van der Waals surface area contributed by atoms with Crippen LogP contribution in [-0.4, -0.2) is 21.2 Å². The van der Waals surface area contributed by atoms with Gasteiger partial charge in [0.15, 0.2) is 12.7 Å². The van der Waals surface area contributed by atoms with E-state index in [0.717, 1.165) is 17.0 Å². The zero-order valence-electron chi connectivity index (χ0n) is 11.4. The molecule has 0 unspecified atom stereocenters. The number of rotatable bonds is 4. The number of nitrogens with zero attached hydrogens (tertiary/aromatic N) is 2. The number of ether oxygens (including phenoxy) is 1. The third kappa shape index (κ3) is 3.02. The highest BCUT2D eigenvalue weighted by atomic mass is 19.1. The lowest BCUT2D eigenvalue weighted by atomic mass is 10.2. The Morgan fingerprint density at radius 3 is 2.58 bits per heavy atom. The van der Waals surface area contributed by atoms with E-state index in [-0.39, 0.29) is 5.95 Å². The lowest BCUT2D eigenvalue weighted by Crippen LogP contribution is -2.38. The summed E-state index contributed by atoms with van der Waals surface area (Å²) in [6.45, 7) is 0.448. The molecule has 0 bridgehead atoms. The second-order valence-electron chi connectivity index (χ2n) is 4.54. The summed E-state index contributed by atoms with van der Waals surface area (Å²) in [5.41, 5.74) is 1.79. The van der Waals surface area contributed by atoms with Crippen molar-refractivity contribution >= 4 is 5.69 Å². The first-order valence-corrected chi connectivity index (χ1v) is 6.10. The van der Waals surface area contributed by atoms with E-state index >= 15 is 0 Å². The average Bonchev–Trinajstić information content (AvgIpc) is 2.41. The molecular weight excluding hydrogens is 243 g/mol. The van der Waals surface area contributed by atoms with Gasteiger partial charge in [-0.05, 0) is 12.1 Å². The molecule has 0 spiro atoms. The Bertz CT molecular complexity index is 570. The third-order valence-corrected chi connectivity index (χ3v) is 3.02. The molecule has 1 heterocycles. The van der Waals surface area contributed by atoms with Crippen molar-refractivity contribution in [3.63, 3.8) is 0 Å². The maximum absolute atomic E-state index is 14.0. The highest BCUT2D eigenvalue weighted by molar-refractivity contribution is 5.41. The number of benzene rings is 1. The van der Waals surface area contributed by atoms with Gasteiger partial charge in [0, 0.05) is 20.2 Å². The minimum Gasteiger partial charge on any atom is -0.496 e. The monoisotopic (exact) mass is 261 g/mol. The SMILES string of the molecule is COc1ccccc1C[n+]1ccc(N(C)C)cc1F. The Morgan fingerprint density at radius 1 is 1.21 bits per heavy atom. The van der Waals surface area contributed by atoms with Crippen molar-refractivity contribution in [1.29, 1.82) is 0 Å². The van der Waals surface area contributed by atoms with Crippen molar-refractivity contribution in [2.45, 2.75) is 6.54 Å². The Labute approximate surface area is 112 Å². The highest BCUT2D eigenvalue weighted by Gasteiger charge is 2.14. The van der Waals surface area contributed by atoms with Crippen molar-refractivity contribution < 1.29 is 13.7 Å². The van der Waals surface area contributed by atoms with Gasteiger partial charge in [-0.25, -0.2) is 0 Å². The Balaban J connectivity index is 2.28. The number of methoxy groups -OCH3 is 1. The van der Waals surface area contributed by atoms with E-state index in [1.165, 1.54) is 6.07 Å². The van der Waals surface area contributed by atoms with Crippen molar-refractivity contribution in [2.24, 2.45) is 0 Å². The summed E-state index contributed by atoms with van der Waals surface area (Å²) in [5, 5.41) is 0. The van der Waals surface area contributed by atoms with Gasteiger partial charge in [0.1, 0.15) is 5.75 Å². The average molecular weight is 261 g/mol. The lowest BCUT2D eigenvalue weighted by Gasteiger charge is -2.11. The summed E-state index contributed by atoms with van der Waals surface area (Å²) in [6, 6.07) is 11.0. The molecule has 0 atom stereocenters. The molecule has 0 N–H and O–H groups in total. The molecule has 1 aromatic carbocycles. The van der Waals surface area contributed by atoms with E-state index in [2.05, 4.69) is 0 Å². The fraction of sp³-hybridized carbons (Fsp3) is 0.267. The number of aromatic nitrogens is 1. The largest absolute Gasteiger partial charge is 0.496 e. The van der Waals surface area contributed by atoms with Gasteiger partial charge in [-0.1, -0.05) is 12.1 Å². The Hall–Kier alpha value is -2.10. The highest BCUT2D eigenvalue weighted by Crippen LogP contribution is 2.17. The molecular formula is C15H18FN2O+. The molecule has 4 heteroatoms. The standard InChI is InChI=1S/C15H18FN2O/c1-17(2)13-8-9-18(15(16)10-13)11-12-6-4-5-7-14(12)19-3/h4-10H,11H2,1-3H3/q+1. The summed E-state index contributed by atoms with van der Waals surface area (Å²) in [6.07, 6.45) is 1.75. The quantitative estimate of drug-likeness (QED) is 0.620. The number of anilines is 1. The molecule has 0 aliphatic heterocycles. The zero-order chi connectivity index (χ0) is 13.8. The molecule has 0 aliphatic carbocycles. The van der Waals surface area contributed by atoms with E-state index in [9.17, 15) is 4.39 Å². The van der Waals surface area contributed by atoms with Gasteiger partial charge in [0.25, 0.3) is 0 Å². The number of halogens is 1. The number of hydrogen-bond donors (Lipinski definition) is 0. The van der Waals surface area contributed by atoms with Crippen LogP contribution in [0.5, 0.6) is 5.75 Å². The molecule has 2 rings (SSSR count). The maximum atomic E-state index is 14.0. The first-order chi connectivity index (χ1) is 9.11. The van der Waals surface area contributed by atoms with E-state index in [1.54, 1.807) is 17.9 Å². The fourth-order valence-corrected chi connectivity index (χ4v) is 1.91. The summed E-state index contributed by atoms with van der Waals surface area (Å²) in [4.78, 5) is 1.87. The van der Waals surface area contributed by atoms with Crippen LogP contribution >= 0.6 is 0 Å². The van der Waals surface area contributed by atoms with Crippen LogP contribution in [0.1, 0.15) is 5.56 Å². The summed E-state index contributed by atoms with van der Waals surface area (Å²) in [7, 11) is 5.40. The number of hydrogen-bond acceptors (Lipinski definition) is 2. The van der Waals surface area contributed by atoms with Crippen LogP contribution in [0, 0.1) is 5.95 Å². The normalized spacial score (nSPS) is 10.3. The fourth-order valence-electron chi connectivity index (χ4n) is 1.91. The second-order valence-corrected chi connectivity index (χ2v) is 4.54. The van der Waals surface area contributed by atoms with Gasteiger partial charge in [0.2, 0.25) is 0 Å². The van der Waals surface area contributed by atoms with E-state index in [4.69, 9.17) is 4.74 Å². The van der Waals surface area contributed by atoms with Gasteiger partial charge in [-0.15, -0.1) is 4.39 Å². The molecule has 0 saturated heterocycles. The van der Waals surface area contributed by atoms with Crippen molar-refractivity contribution in [3.05, 3.63) is 54.1 Å². The van der Waals surface area contributed by atoms with Crippen molar-refractivity contribution in [3.8, 4) is 5.75 Å². The Kier molecular flexibility index (Phi) is 4.00. The van der Waals surface area contributed by atoms with Gasteiger partial charge >= 0.3 is 5.95 Å². The van der Waals surface area contributed by atoms with E-state index in [1.807, 2.05) is 49.3 Å². The van der Waals surface area contributed by atoms with Crippen LogP contribution in [0.4, 0.5) is 10.1 Å². The minimum atomic E-state index is -0.267. The number of para-hydroxylation sites is 1. The van der Waals surface area contributed by atoms with Crippen LogP contribution in [0.15, 0.2) is 42.6 Å². The van der Waals surface area contributed by atoms with Crippen LogP contribution in [0.2, 0.25) is 0 Å². The maximum Gasteiger partial charge on any atom is 0.361 e. The van der Waals surface area contributed by atoms with E-state index in [0.29, 0.717) is 6.54 Å². The molecule has 19 heavy (non-hydrogen) atoms. The summed E-state index contributed by atoms with van der Waals surface area (Å²) in [5.74, 6) is 0.503. The molecule has 2 aromatic rings. The van der Waals surface area contributed by atoms with Gasteiger partial charge in [-0.3, -0.25) is 0 Å². The number of pyridine rings is 1. The predicted octanol–water partition coefficient (Wildman–Crippen LogP) is 2.24.